The van der Waals surface area contributed by atoms with E-state index in [1.165, 1.54) is 0 Å². The molecule has 0 aromatic heterocycles. The Morgan fingerprint density at radius 1 is 1.54 bits per heavy atom. The highest BCUT2D eigenvalue weighted by Gasteiger charge is 2.20. The molecule has 0 aromatic carbocycles. The van der Waals surface area contributed by atoms with Crippen LogP contribution in [0, 0.1) is 0 Å². The van der Waals surface area contributed by atoms with Gasteiger partial charge in [-0.3, -0.25) is 5.32 Å². The van der Waals surface area contributed by atoms with Gasteiger partial charge >= 0.3 is 6.09 Å². The molecule has 1 unspecified atom stereocenters. The molecule has 1 N–H and O–H groups in total. The summed E-state index contributed by atoms with van der Waals surface area (Å²) in [5.41, 5.74) is 0. The summed E-state index contributed by atoms with van der Waals surface area (Å²) in [7, 11) is 0. The van der Waals surface area contributed by atoms with Crippen LogP contribution < -0.4 is 5.32 Å². The van der Waals surface area contributed by atoms with E-state index in [0.717, 1.165) is 19.4 Å². The number of nitrogens with zero attached hydrogens (tertiary/aromatic N) is 1. The van der Waals surface area contributed by atoms with Crippen LogP contribution in [-0.2, 0) is 4.74 Å². The molecular formula is C9H18N2O2. The lowest BCUT2D eigenvalue weighted by Crippen LogP contribution is -2.37. The van der Waals surface area contributed by atoms with Gasteiger partial charge in [0.1, 0.15) is 0 Å². The topological polar surface area (TPSA) is 41.6 Å². The van der Waals surface area contributed by atoms with Crippen LogP contribution in [0.1, 0.15) is 26.7 Å². The van der Waals surface area contributed by atoms with E-state index in [-0.39, 0.29) is 12.3 Å². The normalized spacial score (nSPS) is 21.5. The number of nitrogens with one attached hydrogen (secondary N) is 1. The van der Waals surface area contributed by atoms with E-state index in [1.54, 1.807) is 4.90 Å². The van der Waals surface area contributed by atoms with Crippen molar-refractivity contribution in [2.24, 2.45) is 0 Å². The quantitative estimate of drug-likeness (QED) is 0.719. The smallest absolute Gasteiger partial charge is 0.411 e. The molecule has 4 heteroatoms. The van der Waals surface area contributed by atoms with Gasteiger partial charge < -0.3 is 9.64 Å². The summed E-state index contributed by atoms with van der Waals surface area (Å²) in [6.07, 6.45) is 1.76. The number of ether oxygens (including phenoxy) is 1. The zero-order chi connectivity index (χ0) is 9.68. The van der Waals surface area contributed by atoms with Crippen LogP contribution in [0.5, 0.6) is 0 Å². The van der Waals surface area contributed by atoms with Crippen molar-refractivity contribution in [2.45, 2.75) is 32.9 Å². The first-order valence-electron chi connectivity index (χ1n) is 4.96. The summed E-state index contributed by atoms with van der Waals surface area (Å²) >= 11 is 0. The molecule has 4 nitrogen and oxygen atoms in total. The molecule has 0 aromatic rings. The molecule has 1 aliphatic heterocycles. The molecule has 76 valence electrons. The molecule has 1 saturated heterocycles. The number of amides is 1. The Bertz CT molecular complexity index is 163. The number of rotatable bonds is 3. The minimum Gasteiger partial charge on any atom is -0.430 e. The molecule has 13 heavy (non-hydrogen) atoms. The Morgan fingerprint density at radius 3 is 2.69 bits per heavy atom. The predicted octanol–water partition coefficient (Wildman–Crippen LogP) is 1.17. The summed E-state index contributed by atoms with van der Waals surface area (Å²) in [6.45, 7) is 6.28. The minimum atomic E-state index is -0.204. The molecule has 1 aliphatic rings. The molecule has 1 heterocycles. The van der Waals surface area contributed by atoms with Gasteiger partial charge in [-0.25, -0.2) is 4.79 Å². The predicted molar refractivity (Wildman–Crippen MR) is 50.4 cm³/mol. The van der Waals surface area contributed by atoms with Gasteiger partial charge in [-0.15, -0.1) is 0 Å². The van der Waals surface area contributed by atoms with Crippen molar-refractivity contribution >= 4 is 6.09 Å². The molecule has 0 saturated carbocycles. The lowest BCUT2D eigenvalue weighted by molar-refractivity contribution is 0.0589. The van der Waals surface area contributed by atoms with Crippen molar-refractivity contribution in [1.82, 2.24) is 10.2 Å². The van der Waals surface area contributed by atoms with Gasteiger partial charge in [-0.05, 0) is 33.2 Å². The largest absolute Gasteiger partial charge is 0.430 e. The van der Waals surface area contributed by atoms with Gasteiger partial charge in [0.2, 0.25) is 0 Å². The Hall–Kier alpha value is -0.770. The van der Waals surface area contributed by atoms with Gasteiger partial charge in [0.15, 0.2) is 6.23 Å². The fraction of sp³-hybridized carbons (Fsp3) is 0.889. The molecule has 0 aliphatic carbocycles. The maximum absolute atomic E-state index is 11.4. The summed E-state index contributed by atoms with van der Waals surface area (Å²) in [4.78, 5) is 13.1. The molecule has 1 amide bonds. The number of carbonyl (C=O) groups is 1. The van der Waals surface area contributed by atoms with Crippen molar-refractivity contribution in [2.75, 3.05) is 19.6 Å². The van der Waals surface area contributed by atoms with E-state index < -0.39 is 0 Å². The molecule has 0 spiro atoms. The fourth-order valence-corrected chi connectivity index (χ4v) is 1.43. The monoisotopic (exact) mass is 186 g/mol. The van der Waals surface area contributed by atoms with Gasteiger partial charge in [0, 0.05) is 13.1 Å². The third-order valence-corrected chi connectivity index (χ3v) is 2.28. The number of hydrogen-bond donors (Lipinski definition) is 1. The molecule has 0 bridgehead atoms. The second-order valence-corrected chi connectivity index (χ2v) is 3.14. The van der Waals surface area contributed by atoms with Crippen molar-refractivity contribution in [3.63, 3.8) is 0 Å². The Labute approximate surface area is 79.2 Å². The maximum atomic E-state index is 11.4. The second kappa shape index (κ2) is 5.07. The maximum Gasteiger partial charge on any atom is 0.411 e. The van der Waals surface area contributed by atoms with Crippen molar-refractivity contribution < 1.29 is 9.53 Å². The van der Waals surface area contributed by atoms with Crippen molar-refractivity contribution in [3.05, 3.63) is 0 Å². The third-order valence-electron chi connectivity index (χ3n) is 2.28. The zero-order valence-electron chi connectivity index (χ0n) is 8.38. The van der Waals surface area contributed by atoms with E-state index >= 15 is 0 Å². The summed E-state index contributed by atoms with van der Waals surface area (Å²) in [5, 5.41) is 3.12. The minimum absolute atomic E-state index is 0.0619. The van der Waals surface area contributed by atoms with Crippen molar-refractivity contribution in [1.29, 1.82) is 0 Å². The average molecular weight is 186 g/mol. The first-order valence-corrected chi connectivity index (χ1v) is 4.96. The lowest BCUT2D eigenvalue weighted by atomic mass is 10.4. The van der Waals surface area contributed by atoms with E-state index in [4.69, 9.17) is 4.74 Å². The van der Waals surface area contributed by atoms with E-state index in [9.17, 15) is 4.79 Å². The van der Waals surface area contributed by atoms with Crippen LogP contribution in [-0.4, -0.2) is 36.9 Å². The third kappa shape index (κ3) is 2.88. The van der Waals surface area contributed by atoms with E-state index in [1.807, 2.05) is 13.8 Å². The highest BCUT2D eigenvalue weighted by atomic mass is 16.6. The van der Waals surface area contributed by atoms with Crippen LogP contribution in [0.3, 0.4) is 0 Å². The molecule has 1 fully saturated rings. The Kier molecular flexibility index (Phi) is 4.02. The van der Waals surface area contributed by atoms with Crippen LogP contribution in [0.25, 0.3) is 0 Å². The van der Waals surface area contributed by atoms with Gasteiger partial charge in [-0.2, -0.15) is 0 Å². The van der Waals surface area contributed by atoms with Crippen molar-refractivity contribution in [3.8, 4) is 0 Å². The van der Waals surface area contributed by atoms with E-state index in [0.29, 0.717) is 13.1 Å². The average Bonchev–Trinajstić information content (AvgIpc) is 2.59. The second-order valence-electron chi connectivity index (χ2n) is 3.14. The van der Waals surface area contributed by atoms with Crippen LogP contribution in [0.4, 0.5) is 4.79 Å². The van der Waals surface area contributed by atoms with Gasteiger partial charge in [0.25, 0.3) is 0 Å². The number of carbonyl (C=O) groups excluding carboxylic acids is 1. The first-order chi connectivity index (χ1) is 6.27. The SMILES string of the molecule is CCN(CC)C(=O)OC1CCCN1. The summed E-state index contributed by atoms with van der Waals surface area (Å²) in [6, 6.07) is 0. The van der Waals surface area contributed by atoms with Crippen LogP contribution in [0.2, 0.25) is 0 Å². The van der Waals surface area contributed by atoms with Crippen LogP contribution >= 0.6 is 0 Å². The summed E-state index contributed by atoms with van der Waals surface area (Å²) < 4.78 is 5.23. The highest BCUT2D eigenvalue weighted by molar-refractivity contribution is 5.67. The zero-order valence-corrected chi connectivity index (χ0v) is 8.38. The molecule has 1 atom stereocenters. The highest BCUT2D eigenvalue weighted by Crippen LogP contribution is 2.08. The fourth-order valence-electron chi connectivity index (χ4n) is 1.43. The van der Waals surface area contributed by atoms with Gasteiger partial charge in [0.05, 0.1) is 0 Å². The summed E-state index contributed by atoms with van der Waals surface area (Å²) in [5.74, 6) is 0. The molecular weight excluding hydrogens is 168 g/mol. The Balaban J connectivity index is 2.29. The first kappa shape index (κ1) is 10.3. The van der Waals surface area contributed by atoms with Crippen LogP contribution in [0.15, 0.2) is 0 Å². The lowest BCUT2D eigenvalue weighted by Gasteiger charge is -2.20. The van der Waals surface area contributed by atoms with Gasteiger partial charge in [-0.1, -0.05) is 0 Å². The standard InChI is InChI=1S/C9H18N2O2/c1-3-11(4-2)9(12)13-8-6-5-7-10-8/h8,10H,3-7H2,1-2H3. The number of hydrogen-bond acceptors (Lipinski definition) is 3. The molecule has 0 radical (unpaired) electrons. The van der Waals surface area contributed by atoms with E-state index in [2.05, 4.69) is 5.32 Å². The molecule has 1 rings (SSSR count). The Morgan fingerprint density at radius 2 is 2.23 bits per heavy atom.